The first-order chi connectivity index (χ1) is 11.1. The van der Waals surface area contributed by atoms with Crippen LogP contribution >= 0.6 is 11.6 Å². The van der Waals surface area contributed by atoms with E-state index >= 15 is 0 Å². The van der Waals surface area contributed by atoms with E-state index in [1.807, 2.05) is 0 Å². The van der Waals surface area contributed by atoms with Crippen LogP contribution in [0.5, 0.6) is 0 Å². The molecule has 0 saturated carbocycles. The largest absolute Gasteiger partial charge is 0.339 e. The first-order valence-electron chi connectivity index (χ1n) is 7.41. The van der Waals surface area contributed by atoms with E-state index in [1.54, 1.807) is 9.80 Å². The second kappa shape index (κ2) is 7.08. The number of hydrogen-bond donors (Lipinski definition) is 0. The molecule has 0 atom stereocenters. The first kappa shape index (κ1) is 18.7. The van der Waals surface area contributed by atoms with E-state index in [0.29, 0.717) is 26.2 Å². The van der Waals surface area contributed by atoms with Crippen molar-refractivity contribution < 1.29 is 18.0 Å². The van der Waals surface area contributed by atoms with E-state index in [9.17, 15) is 18.0 Å². The van der Waals surface area contributed by atoms with Crippen molar-refractivity contribution in [2.75, 3.05) is 40.3 Å². The molecule has 7 nitrogen and oxygen atoms in total. The molecule has 24 heavy (non-hydrogen) atoms. The lowest BCUT2D eigenvalue weighted by Crippen LogP contribution is -2.50. The van der Waals surface area contributed by atoms with Crippen molar-refractivity contribution in [3.8, 4) is 0 Å². The van der Waals surface area contributed by atoms with Crippen LogP contribution in [0, 0.1) is 0 Å². The molecule has 2 amide bonds. The summed E-state index contributed by atoms with van der Waals surface area (Å²) < 4.78 is 25.5. The predicted octanol–water partition coefficient (Wildman–Crippen LogP) is 0.895. The summed E-state index contributed by atoms with van der Waals surface area (Å²) in [5.41, 5.74) is 0.149. The maximum atomic E-state index is 12.7. The normalized spacial score (nSPS) is 15.7. The third kappa shape index (κ3) is 3.71. The van der Waals surface area contributed by atoms with E-state index in [1.165, 1.54) is 39.2 Å². The summed E-state index contributed by atoms with van der Waals surface area (Å²) in [4.78, 5) is 27.3. The zero-order chi connectivity index (χ0) is 18.1. The predicted molar refractivity (Wildman–Crippen MR) is 90.5 cm³/mol. The number of hydrogen-bond acceptors (Lipinski definition) is 4. The van der Waals surface area contributed by atoms with Crippen molar-refractivity contribution in [2.24, 2.45) is 0 Å². The Balaban J connectivity index is 2.26. The van der Waals surface area contributed by atoms with Crippen LogP contribution in [0.1, 0.15) is 17.3 Å². The van der Waals surface area contributed by atoms with Gasteiger partial charge in [0, 0.05) is 47.2 Å². The van der Waals surface area contributed by atoms with Gasteiger partial charge in [0.25, 0.3) is 5.91 Å². The van der Waals surface area contributed by atoms with Crippen molar-refractivity contribution in [3.63, 3.8) is 0 Å². The van der Waals surface area contributed by atoms with Crippen LogP contribution < -0.4 is 0 Å². The number of piperazine rings is 1. The van der Waals surface area contributed by atoms with Crippen molar-refractivity contribution in [1.82, 2.24) is 14.1 Å². The number of halogens is 1. The molecule has 0 spiro atoms. The lowest BCUT2D eigenvalue weighted by atomic mass is 10.1. The molecule has 132 valence electrons. The molecule has 0 N–H and O–H groups in total. The molecule has 1 fully saturated rings. The second-order valence-electron chi connectivity index (χ2n) is 5.73. The van der Waals surface area contributed by atoms with E-state index in [4.69, 9.17) is 11.6 Å². The van der Waals surface area contributed by atoms with Crippen LogP contribution in [0.15, 0.2) is 23.1 Å². The molecule has 1 saturated heterocycles. The van der Waals surface area contributed by atoms with Crippen molar-refractivity contribution >= 4 is 33.4 Å². The molecule has 1 aliphatic heterocycles. The summed E-state index contributed by atoms with van der Waals surface area (Å²) in [6.45, 7) is 3.17. The van der Waals surface area contributed by atoms with Gasteiger partial charge in [-0.15, -0.1) is 0 Å². The Labute approximate surface area is 146 Å². The molecular weight excluding hydrogens is 354 g/mol. The SMILES string of the molecule is CC(=O)N1CCN(C(=O)c2cc(S(=O)(=O)N(C)C)ccc2Cl)CC1. The van der Waals surface area contributed by atoms with Gasteiger partial charge in [0.05, 0.1) is 15.5 Å². The van der Waals surface area contributed by atoms with Gasteiger partial charge < -0.3 is 9.80 Å². The molecular formula is C15H20ClN3O4S. The Bertz CT molecular complexity index is 756. The number of nitrogens with zero attached hydrogens (tertiary/aromatic N) is 3. The Morgan fingerprint density at radius 2 is 1.62 bits per heavy atom. The van der Waals surface area contributed by atoms with Gasteiger partial charge in [0.15, 0.2) is 0 Å². The van der Waals surface area contributed by atoms with Gasteiger partial charge in [-0.3, -0.25) is 9.59 Å². The summed E-state index contributed by atoms with van der Waals surface area (Å²) in [7, 11) is -0.803. The maximum Gasteiger partial charge on any atom is 0.255 e. The minimum Gasteiger partial charge on any atom is -0.339 e. The fraction of sp³-hybridized carbons (Fsp3) is 0.467. The minimum absolute atomic E-state index is 0.0163. The van der Waals surface area contributed by atoms with Gasteiger partial charge in [-0.1, -0.05) is 11.6 Å². The standard InChI is InChI=1S/C15H20ClN3O4S/c1-11(20)18-6-8-19(9-7-18)15(21)13-10-12(4-5-14(13)16)24(22,23)17(2)3/h4-5,10H,6-9H2,1-3H3. The fourth-order valence-corrected chi connectivity index (χ4v) is 3.56. The average Bonchev–Trinajstić information content (AvgIpc) is 2.54. The molecule has 1 aromatic rings. The smallest absolute Gasteiger partial charge is 0.255 e. The van der Waals surface area contributed by atoms with Gasteiger partial charge in [0.2, 0.25) is 15.9 Å². The van der Waals surface area contributed by atoms with Crippen LogP contribution in [-0.4, -0.2) is 74.6 Å². The van der Waals surface area contributed by atoms with E-state index in [2.05, 4.69) is 0 Å². The van der Waals surface area contributed by atoms with Crippen LogP contribution in [0.4, 0.5) is 0 Å². The Morgan fingerprint density at radius 1 is 1.08 bits per heavy atom. The fourth-order valence-electron chi connectivity index (χ4n) is 2.43. The Morgan fingerprint density at radius 3 is 2.12 bits per heavy atom. The molecule has 1 heterocycles. The highest BCUT2D eigenvalue weighted by Gasteiger charge is 2.26. The number of sulfonamides is 1. The Hall–Kier alpha value is -1.64. The molecule has 1 aliphatic rings. The third-order valence-electron chi connectivity index (χ3n) is 3.96. The summed E-state index contributed by atoms with van der Waals surface area (Å²) in [6, 6.07) is 4.09. The number of carbonyl (C=O) groups excluding carboxylic acids is 2. The topological polar surface area (TPSA) is 78.0 Å². The number of amides is 2. The van der Waals surface area contributed by atoms with Gasteiger partial charge in [0.1, 0.15) is 0 Å². The third-order valence-corrected chi connectivity index (χ3v) is 6.10. The van der Waals surface area contributed by atoms with E-state index < -0.39 is 10.0 Å². The van der Waals surface area contributed by atoms with Crippen LogP contribution in [0.25, 0.3) is 0 Å². The van der Waals surface area contributed by atoms with Gasteiger partial charge >= 0.3 is 0 Å². The second-order valence-corrected chi connectivity index (χ2v) is 8.29. The lowest BCUT2D eigenvalue weighted by Gasteiger charge is -2.34. The van der Waals surface area contributed by atoms with Gasteiger partial charge in [-0.2, -0.15) is 0 Å². The summed E-state index contributed by atoms with van der Waals surface area (Å²) >= 11 is 6.10. The number of benzene rings is 1. The summed E-state index contributed by atoms with van der Waals surface area (Å²) in [5.74, 6) is -0.363. The molecule has 0 unspecified atom stereocenters. The van der Waals surface area contributed by atoms with Crippen molar-refractivity contribution in [3.05, 3.63) is 28.8 Å². The van der Waals surface area contributed by atoms with Crippen LogP contribution in [-0.2, 0) is 14.8 Å². The Kier molecular flexibility index (Phi) is 5.52. The zero-order valence-corrected chi connectivity index (χ0v) is 15.4. The lowest BCUT2D eigenvalue weighted by molar-refractivity contribution is -0.130. The minimum atomic E-state index is -3.65. The molecule has 2 rings (SSSR count). The highest BCUT2D eigenvalue weighted by molar-refractivity contribution is 7.89. The van der Waals surface area contributed by atoms with E-state index in [-0.39, 0.29) is 27.3 Å². The quantitative estimate of drug-likeness (QED) is 0.788. The highest BCUT2D eigenvalue weighted by Crippen LogP contribution is 2.24. The van der Waals surface area contributed by atoms with Crippen molar-refractivity contribution in [2.45, 2.75) is 11.8 Å². The molecule has 0 bridgehead atoms. The number of carbonyl (C=O) groups is 2. The number of rotatable bonds is 3. The van der Waals surface area contributed by atoms with Crippen molar-refractivity contribution in [1.29, 1.82) is 0 Å². The highest BCUT2D eigenvalue weighted by atomic mass is 35.5. The van der Waals surface area contributed by atoms with E-state index in [0.717, 1.165) is 4.31 Å². The average molecular weight is 374 g/mol. The molecule has 9 heteroatoms. The first-order valence-corrected chi connectivity index (χ1v) is 9.23. The van der Waals surface area contributed by atoms with Gasteiger partial charge in [-0.05, 0) is 18.2 Å². The molecule has 1 aromatic carbocycles. The molecule has 0 radical (unpaired) electrons. The summed E-state index contributed by atoms with van der Waals surface area (Å²) in [5, 5.41) is 0.201. The molecule has 0 aliphatic carbocycles. The van der Waals surface area contributed by atoms with Crippen LogP contribution in [0.2, 0.25) is 5.02 Å². The summed E-state index contributed by atoms with van der Waals surface area (Å²) in [6.07, 6.45) is 0. The monoisotopic (exact) mass is 373 g/mol. The zero-order valence-electron chi connectivity index (χ0n) is 13.8. The maximum absolute atomic E-state index is 12.7. The van der Waals surface area contributed by atoms with Gasteiger partial charge in [-0.25, -0.2) is 12.7 Å². The molecule has 0 aromatic heterocycles. The van der Waals surface area contributed by atoms with Crippen LogP contribution in [0.3, 0.4) is 0 Å².